The van der Waals surface area contributed by atoms with Gasteiger partial charge in [-0.05, 0) is 55.7 Å². The molecule has 1 fully saturated rings. The largest absolute Gasteiger partial charge is 0.376 e. The Bertz CT molecular complexity index is 1190. The van der Waals surface area contributed by atoms with Crippen LogP contribution in [0.2, 0.25) is 10.0 Å². The number of hydrogen-bond donors (Lipinski definition) is 1. The Morgan fingerprint density at radius 1 is 1.32 bits per heavy atom. The monoisotopic (exact) mass is 477 g/mol. The van der Waals surface area contributed by atoms with Crippen LogP contribution in [0.15, 0.2) is 46.3 Å². The second kappa shape index (κ2) is 9.61. The molecule has 1 unspecified atom stereocenters. The number of rotatable bonds is 6. The molecular weight excluding hydrogens is 457 g/mol. The van der Waals surface area contributed by atoms with E-state index in [4.69, 9.17) is 27.9 Å². The molecular formula is C22H21Cl2N3O3S. The van der Waals surface area contributed by atoms with E-state index in [0.29, 0.717) is 44.9 Å². The molecule has 162 valence electrons. The van der Waals surface area contributed by atoms with Gasteiger partial charge >= 0.3 is 0 Å². The average molecular weight is 478 g/mol. The number of halogens is 2. The molecule has 6 nitrogen and oxygen atoms in total. The molecule has 4 rings (SSSR count). The summed E-state index contributed by atoms with van der Waals surface area (Å²) in [6, 6.07) is 10.4. The molecule has 1 aromatic heterocycles. The fraction of sp³-hybridized carbons (Fsp3) is 0.318. The third-order valence-electron chi connectivity index (χ3n) is 5.17. The van der Waals surface area contributed by atoms with E-state index in [2.05, 4.69) is 10.3 Å². The van der Waals surface area contributed by atoms with E-state index in [9.17, 15) is 9.59 Å². The molecule has 1 aliphatic heterocycles. The van der Waals surface area contributed by atoms with Crippen LogP contribution in [0.1, 0.15) is 18.4 Å². The van der Waals surface area contributed by atoms with E-state index in [0.717, 1.165) is 18.4 Å². The number of benzene rings is 2. The summed E-state index contributed by atoms with van der Waals surface area (Å²) in [6.45, 7) is 2.95. The Labute approximate surface area is 193 Å². The number of anilines is 1. The highest BCUT2D eigenvalue weighted by Gasteiger charge is 2.21. The molecule has 1 N–H and O–H groups in total. The standard InChI is InChI=1S/C22H21Cl2N3O3S/c1-13-17(24)5-2-6-18(13)25-20(28)12-31-22-26-19-10-14(23)7-8-16(19)21(29)27(22)11-15-4-3-9-30-15/h2,5-8,10,15H,3-4,9,11-12H2,1H3,(H,25,28). The molecule has 1 atom stereocenters. The molecule has 1 saturated heterocycles. The van der Waals surface area contributed by atoms with Gasteiger partial charge in [0.15, 0.2) is 5.16 Å². The van der Waals surface area contributed by atoms with Gasteiger partial charge in [-0.1, -0.05) is 41.0 Å². The summed E-state index contributed by atoms with van der Waals surface area (Å²) in [5.41, 5.74) is 1.81. The molecule has 0 saturated carbocycles. The van der Waals surface area contributed by atoms with Crippen LogP contribution in [0.5, 0.6) is 0 Å². The van der Waals surface area contributed by atoms with Crippen LogP contribution >= 0.6 is 35.0 Å². The van der Waals surface area contributed by atoms with E-state index in [-0.39, 0.29) is 23.3 Å². The van der Waals surface area contributed by atoms with Gasteiger partial charge in [0.1, 0.15) is 0 Å². The van der Waals surface area contributed by atoms with Crippen LogP contribution in [0.4, 0.5) is 5.69 Å². The highest BCUT2D eigenvalue weighted by atomic mass is 35.5. The lowest BCUT2D eigenvalue weighted by atomic mass is 10.2. The molecule has 31 heavy (non-hydrogen) atoms. The van der Waals surface area contributed by atoms with Gasteiger partial charge in [-0.15, -0.1) is 0 Å². The number of hydrogen-bond acceptors (Lipinski definition) is 5. The maximum Gasteiger partial charge on any atom is 0.262 e. The highest BCUT2D eigenvalue weighted by molar-refractivity contribution is 7.99. The van der Waals surface area contributed by atoms with E-state index >= 15 is 0 Å². The minimum Gasteiger partial charge on any atom is -0.376 e. The quantitative estimate of drug-likeness (QED) is 0.402. The fourth-order valence-electron chi connectivity index (χ4n) is 3.50. The number of thioether (sulfide) groups is 1. The topological polar surface area (TPSA) is 73.2 Å². The average Bonchev–Trinajstić information content (AvgIpc) is 3.25. The van der Waals surface area contributed by atoms with Crippen LogP contribution in [0.3, 0.4) is 0 Å². The van der Waals surface area contributed by atoms with Gasteiger partial charge in [0.25, 0.3) is 5.56 Å². The van der Waals surface area contributed by atoms with Crippen molar-refractivity contribution in [2.45, 2.75) is 37.6 Å². The molecule has 0 spiro atoms. The molecule has 1 aliphatic rings. The fourth-order valence-corrected chi connectivity index (χ4v) is 4.65. The molecule has 0 aliphatic carbocycles. The zero-order valence-electron chi connectivity index (χ0n) is 16.9. The van der Waals surface area contributed by atoms with Crippen molar-refractivity contribution in [3.63, 3.8) is 0 Å². The molecule has 1 amide bonds. The van der Waals surface area contributed by atoms with Gasteiger partial charge in [-0.25, -0.2) is 4.98 Å². The normalized spacial score (nSPS) is 16.0. The van der Waals surface area contributed by atoms with Crippen molar-refractivity contribution in [2.24, 2.45) is 0 Å². The Balaban J connectivity index is 1.59. The first-order chi connectivity index (χ1) is 14.9. The van der Waals surface area contributed by atoms with Crippen molar-refractivity contribution >= 4 is 57.5 Å². The Hall–Kier alpha value is -2.06. The number of nitrogens with zero attached hydrogens (tertiary/aromatic N) is 2. The van der Waals surface area contributed by atoms with Crippen molar-refractivity contribution in [3.05, 3.63) is 62.4 Å². The van der Waals surface area contributed by atoms with E-state index in [1.165, 1.54) is 11.8 Å². The first-order valence-corrected chi connectivity index (χ1v) is 11.7. The summed E-state index contributed by atoms with van der Waals surface area (Å²) in [5.74, 6) is -0.116. The Morgan fingerprint density at radius 3 is 2.94 bits per heavy atom. The zero-order valence-corrected chi connectivity index (χ0v) is 19.2. The lowest BCUT2D eigenvalue weighted by Crippen LogP contribution is -2.29. The van der Waals surface area contributed by atoms with Crippen molar-refractivity contribution < 1.29 is 9.53 Å². The van der Waals surface area contributed by atoms with Gasteiger partial charge in [0.05, 0.1) is 29.3 Å². The first-order valence-electron chi connectivity index (χ1n) is 9.92. The van der Waals surface area contributed by atoms with E-state index in [1.807, 2.05) is 6.92 Å². The third kappa shape index (κ3) is 5.06. The predicted octanol–water partition coefficient (Wildman–Crippen LogP) is 4.92. The summed E-state index contributed by atoms with van der Waals surface area (Å²) in [6.07, 6.45) is 1.83. The molecule has 2 heterocycles. The number of carbonyl (C=O) groups is 1. The maximum atomic E-state index is 13.2. The molecule has 0 radical (unpaired) electrons. The van der Waals surface area contributed by atoms with Crippen LogP contribution in [-0.2, 0) is 16.1 Å². The molecule has 2 aromatic carbocycles. The smallest absolute Gasteiger partial charge is 0.262 e. The van der Waals surface area contributed by atoms with Crippen molar-refractivity contribution in [1.82, 2.24) is 9.55 Å². The minimum atomic E-state index is -0.209. The summed E-state index contributed by atoms with van der Waals surface area (Å²) >= 11 is 13.4. The predicted molar refractivity (Wildman–Crippen MR) is 126 cm³/mol. The van der Waals surface area contributed by atoms with Crippen LogP contribution < -0.4 is 10.9 Å². The van der Waals surface area contributed by atoms with Gasteiger partial charge in [-0.2, -0.15) is 0 Å². The zero-order chi connectivity index (χ0) is 22.0. The summed E-state index contributed by atoms with van der Waals surface area (Å²) in [7, 11) is 0. The maximum absolute atomic E-state index is 13.2. The third-order valence-corrected chi connectivity index (χ3v) is 6.79. The Kier molecular flexibility index (Phi) is 6.86. The Morgan fingerprint density at radius 2 is 2.16 bits per heavy atom. The highest BCUT2D eigenvalue weighted by Crippen LogP contribution is 2.25. The number of amides is 1. The first kappa shape index (κ1) is 22.1. The summed E-state index contributed by atoms with van der Waals surface area (Å²) < 4.78 is 7.32. The van der Waals surface area contributed by atoms with Gasteiger partial charge < -0.3 is 10.1 Å². The van der Waals surface area contributed by atoms with Crippen LogP contribution in [0.25, 0.3) is 10.9 Å². The SMILES string of the molecule is Cc1c(Cl)cccc1NC(=O)CSc1nc2cc(Cl)ccc2c(=O)n1CC1CCCO1. The van der Waals surface area contributed by atoms with Gasteiger partial charge in [0.2, 0.25) is 5.91 Å². The number of nitrogens with one attached hydrogen (secondary N) is 1. The lowest BCUT2D eigenvalue weighted by Gasteiger charge is -2.16. The lowest BCUT2D eigenvalue weighted by molar-refractivity contribution is -0.113. The molecule has 0 bridgehead atoms. The molecule has 9 heteroatoms. The van der Waals surface area contributed by atoms with E-state index < -0.39 is 0 Å². The van der Waals surface area contributed by atoms with Gasteiger partial charge in [-0.3, -0.25) is 14.2 Å². The van der Waals surface area contributed by atoms with Crippen molar-refractivity contribution in [2.75, 3.05) is 17.7 Å². The number of ether oxygens (including phenoxy) is 1. The second-order valence-corrected chi connectivity index (χ2v) is 9.14. The van der Waals surface area contributed by atoms with Crippen molar-refractivity contribution in [3.8, 4) is 0 Å². The summed E-state index contributed by atoms with van der Waals surface area (Å²) in [5, 5.41) is 4.92. The van der Waals surface area contributed by atoms with Crippen molar-refractivity contribution in [1.29, 1.82) is 0 Å². The van der Waals surface area contributed by atoms with Gasteiger partial charge in [0, 0.05) is 22.3 Å². The minimum absolute atomic E-state index is 0.0356. The number of carbonyl (C=O) groups excluding carboxylic acids is 1. The summed E-state index contributed by atoms with van der Waals surface area (Å²) in [4.78, 5) is 30.4. The van der Waals surface area contributed by atoms with E-state index in [1.54, 1.807) is 41.0 Å². The van der Waals surface area contributed by atoms with Crippen LogP contribution in [-0.4, -0.2) is 33.9 Å². The second-order valence-electron chi connectivity index (χ2n) is 7.36. The molecule has 3 aromatic rings. The van der Waals surface area contributed by atoms with Crippen LogP contribution in [0, 0.1) is 6.92 Å². The number of aromatic nitrogens is 2. The number of fused-ring (bicyclic) bond motifs is 1.